The van der Waals surface area contributed by atoms with Gasteiger partial charge in [-0.3, -0.25) is 0 Å². The van der Waals surface area contributed by atoms with Crippen molar-refractivity contribution in [3.63, 3.8) is 0 Å². The van der Waals surface area contributed by atoms with Gasteiger partial charge in [0, 0.05) is 30.2 Å². The zero-order valence-corrected chi connectivity index (χ0v) is 8.72. The molecule has 1 unspecified atom stereocenters. The number of hydrogen-bond donors (Lipinski definition) is 1. The van der Waals surface area contributed by atoms with Gasteiger partial charge in [-0.05, 0) is 6.07 Å². The fourth-order valence-electron chi connectivity index (χ4n) is 1.98. The highest BCUT2D eigenvalue weighted by molar-refractivity contribution is 5.30. The van der Waals surface area contributed by atoms with Crippen LogP contribution in [0.25, 0.3) is 0 Å². The highest BCUT2D eigenvalue weighted by Gasteiger charge is 2.31. The Balaban J connectivity index is 2.27. The summed E-state index contributed by atoms with van der Waals surface area (Å²) in [6.07, 6.45) is 1.70. The smallest absolute Gasteiger partial charge is 0.216 e. The first-order valence-electron chi connectivity index (χ1n) is 5.04. The lowest BCUT2D eigenvalue weighted by Crippen LogP contribution is -2.15. The van der Waals surface area contributed by atoms with Crippen LogP contribution in [-0.2, 0) is 4.74 Å². The Morgan fingerprint density at radius 1 is 1.60 bits per heavy atom. The van der Waals surface area contributed by atoms with Gasteiger partial charge in [0.2, 0.25) is 5.88 Å². The van der Waals surface area contributed by atoms with Gasteiger partial charge in [-0.25, -0.2) is 4.98 Å². The molecule has 0 spiro atoms. The van der Waals surface area contributed by atoms with Gasteiger partial charge in [0.25, 0.3) is 0 Å². The molecule has 1 aliphatic rings. The normalized spacial score (nSPS) is 25.5. The molecule has 82 valence electrons. The zero-order valence-electron chi connectivity index (χ0n) is 8.72. The number of aromatic nitrogens is 1. The highest BCUT2D eigenvalue weighted by atomic mass is 16.5. The Kier molecular flexibility index (Phi) is 3.18. The molecule has 2 heterocycles. The topological polar surface area (TPSA) is 51.6 Å². The molecule has 1 aliphatic heterocycles. The van der Waals surface area contributed by atoms with Crippen molar-refractivity contribution in [2.45, 2.75) is 5.92 Å². The lowest BCUT2D eigenvalue weighted by atomic mass is 9.90. The minimum absolute atomic E-state index is 0.142. The van der Waals surface area contributed by atoms with E-state index in [1.54, 1.807) is 13.3 Å². The van der Waals surface area contributed by atoms with Crippen molar-refractivity contribution in [3.8, 4) is 5.88 Å². The van der Waals surface area contributed by atoms with Gasteiger partial charge in [-0.1, -0.05) is 6.07 Å². The number of nitrogens with zero attached hydrogens (tertiary/aromatic N) is 1. The summed E-state index contributed by atoms with van der Waals surface area (Å²) < 4.78 is 10.6. The SMILES string of the molecule is COc1ncccc1C1COC[C@@H]1CO. The van der Waals surface area contributed by atoms with E-state index in [4.69, 9.17) is 9.47 Å². The molecule has 0 aromatic carbocycles. The third kappa shape index (κ3) is 1.96. The van der Waals surface area contributed by atoms with Crippen LogP contribution < -0.4 is 4.74 Å². The van der Waals surface area contributed by atoms with E-state index < -0.39 is 0 Å². The fourth-order valence-corrected chi connectivity index (χ4v) is 1.98. The van der Waals surface area contributed by atoms with Crippen molar-refractivity contribution in [2.24, 2.45) is 5.92 Å². The number of rotatable bonds is 3. The molecule has 1 N–H and O–H groups in total. The van der Waals surface area contributed by atoms with Gasteiger partial charge >= 0.3 is 0 Å². The molecule has 0 saturated carbocycles. The molecule has 4 heteroatoms. The van der Waals surface area contributed by atoms with Crippen LogP contribution in [-0.4, -0.2) is 37.0 Å². The van der Waals surface area contributed by atoms with E-state index in [1.807, 2.05) is 12.1 Å². The Hall–Kier alpha value is -1.13. The van der Waals surface area contributed by atoms with Crippen LogP contribution in [0.2, 0.25) is 0 Å². The summed E-state index contributed by atoms with van der Waals surface area (Å²) in [5.41, 5.74) is 1.02. The summed E-state index contributed by atoms with van der Waals surface area (Å²) in [6.45, 7) is 1.38. The molecule has 0 aliphatic carbocycles. The standard InChI is InChI=1S/C11H15NO3/c1-14-11-9(3-2-4-12-11)10-7-15-6-8(10)5-13/h2-4,8,10,13H,5-7H2,1H3/t8-,10?/m0/s1. The van der Waals surface area contributed by atoms with Crippen molar-refractivity contribution >= 4 is 0 Å². The van der Waals surface area contributed by atoms with Crippen LogP contribution in [0.3, 0.4) is 0 Å². The Morgan fingerprint density at radius 3 is 3.20 bits per heavy atom. The predicted octanol–water partition coefficient (Wildman–Crippen LogP) is 0.812. The first kappa shape index (κ1) is 10.4. The summed E-state index contributed by atoms with van der Waals surface area (Å²) in [4.78, 5) is 4.15. The molecule has 1 aromatic heterocycles. The lowest BCUT2D eigenvalue weighted by Gasteiger charge is -2.17. The first-order valence-corrected chi connectivity index (χ1v) is 5.04. The van der Waals surface area contributed by atoms with Crippen LogP contribution in [0.15, 0.2) is 18.3 Å². The number of pyridine rings is 1. The van der Waals surface area contributed by atoms with E-state index in [-0.39, 0.29) is 18.4 Å². The van der Waals surface area contributed by atoms with Crippen LogP contribution in [0.1, 0.15) is 11.5 Å². The van der Waals surface area contributed by atoms with E-state index in [0.29, 0.717) is 19.1 Å². The molecule has 4 nitrogen and oxygen atoms in total. The monoisotopic (exact) mass is 209 g/mol. The maximum absolute atomic E-state index is 9.22. The quantitative estimate of drug-likeness (QED) is 0.800. The zero-order chi connectivity index (χ0) is 10.7. The van der Waals surface area contributed by atoms with Gasteiger partial charge in [0.05, 0.1) is 20.3 Å². The van der Waals surface area contributed by atoms with E-state index >= 15 is 0 Å². The fraction of sp³-hybridized carbons (Fsp3) is 0.545. The third-order valence-corrected chi connectivity index (χ3v) is 2.83. The molecular weight excluding hydrogens is 194 g/mol. The van der Waals surface area contributed by atoms with Crippen LogP contribution in [0, 0.1) is 5.92 Å². The number of methoxy groups -OCH3 is 1. The number of ether oxygens (including phenoxy) is 2. The average molecular weight is 209 g/mol. The third-order valence-electron chi connectivity index (χ3n) is 2.83. The molecule has 1 saturated heterocycles. The summed E-state index contributed by atoms with van der Waals surface area (Å²) >= 11 is 0. The molecule has 2 atom stereocenters. The molecule has 1 aromatic rings. The molecule has 15 heavy (non-hydrogen) atoms. The Bertz CT molecular complexity index is 329. The second-order valence-corrected chi connectivity index (χ2v) is 3.69. The van der Waals surface area contributed by atoms with Crippen molar-refractivity contribution in [1.82, 2.24) is 4.98 Å². The van der Waals surface area contributed by atoms with Crippen molar-refractivity contribution in [1.29, 1.82) is 0 Å². The van der Waals surface area contributed by atoms with Gasteiger partial charge in [0.15, 0.2) is 0 Å². The summed E-state index contributed by atoms with van der Waals surface area (Å²) in [7, 11) is 1.61. The number of aliphatic hydroxyl groups excluding tert-OH is 1. The minimum atomic E-state index is 0.142. The number of aliphatic hydroxyl groups is 1. The van der Waals surface area contributed by atoms with Crippen LogP contribution in [0.5, 0.6) is 5.88 Å². The largest absolute Gasteiger partial charge is 0.481 e. The Morgan fingerprint density at radius 2 is 2.47 bits per heavy atom. The summed E-state index contributed by atoms with van der Waals surface area (Å²) in [5.74, 6) is 0.980. The van der Waals surface area contributed by atoms with Gasteiger partial charge in [-0.15, -0.1) is 0 Å². The molecule has 0 radical (unpaired) electrons. The van der Waals surface area contributed by atoms with Gasteiger partial charge in [0.1, 0.15) is 0 Å². The van der Waals surface area contributed by atoms with Gasteiger partial charge in [-0.2, -0.15) is 0 Å². The van der Waals surface area contributed by atoms with Crippen molar-refractivity contribution in [2.75, 3.05) is 26.9 Å². The molecule has 0 amide bonds. The molecular formula is C11H15NO3. The molecule has 0 bridgehead atoms. The van der Waals surface area contributed by atoms with Crippen molar-refractivity contribution < 1.29 is 14.6 Å². The summed E-state index contributed by atoms with van der Waals surface area (Å²) in [5, 5.41) is 9.22. The molecule has 2 rings (SSSR count). The van der Waals surface area contributed by atoms with Crippen LogP contribution >= 0.6 is 0 Å². The first-order chi connectivity index (χ1) is 7.36. The molecule has 1 fully saturated rings. The number of hydrogen-bond acceptors (Lipinski definition) is 4. The van der Waals surface area contributed by atoms with E-state index in [1.165, 1.54) is 0 Å². The predicted molar refractivity (Wildman–Crippen MR) is 54.9 cm³/mol. The van der Waals surface area contributed by atoms with E-state index in [9.17, 15) is 5.11 Å². The minimum Gasteiger partial charge on any atom is -0.481 e. The Labute approximate surface area is 88.9 Å². The van der Waals surface area contributed by atoms with Crippen LogP contribution in [0.4, 0.5) is 0 Å². The van der Waals surface area contributed by atoms with E-state index in [0.717, 1.165) is 5.56 Å². The van der Waals surface area contributed by atoms with Gasteiger partial charge < -0.3 is 14.6 Å². The lowest BCUT2D eigenvalue weighted by molar-refractivity contribution is 0.160. The summed E-state index contributed by atoms with van der Waals surface area (Å²) in [6, 6.07) is 3.86. The highest BCUT2D eigenvalue weighted by Crippen LogP contribution is 2.34. The van der Waals surface area contributed by atoms with Crippen molar-refractivity contribution in [3.05, 3.63) is 23.9 Å². The second kappa shape index (κ2) is 4.59. The average Bonchev–Trinajstić information content (AvgIpc) is 2.76. The maximum atomic E-state index is 9.22. The maximum Gasteiger partial charge on any atom is 0.216 e. The second-order valence-electron chi connectivity index (χ2n) is 3.69. The van der Waals surface area contributed by atoms with E-state index in [2.05, 4.69) is 4.98 Å².